The van der Waals surface area contributed by atoms with Crippen LogP contribution in [0.4, 0.5) is 0 Å². The molecule has 2 atom stereocenters. The van der Waals surface area contributed by atoms with Gasteiger partial charge in [-0.25, -0.2) is 6.57 Å². The van der Waals surface area contributed by atoms with Crippen molar-refractivity contribution < 1.29 is 14.7 Å². The molecule has 0 aliphatic rings. The van der Waals surface area contributed by atoms with Gasteiger partial charge in [-0.2, -0.15) is 12.6 Å². The van der Waals surface area contributed by atoms with Gasteiger partial charge >= 0.3 is 5.97 Å². The van der Waals surface area contributed by atoms with Gasteiger partial charge in [-0.3, -0.25) is 9.59 Å². The lowest BCUT2D eigenvalue weighted by molar-refractivity contribution is -0.137. The summed E-state index contributed by atoms with van der Waals surface area (Å²) in [7, 11) is 0. The first-order chi connectivity index (χ1) is 8.67. The molecule has 5 nitrogen and oxygen atoms in total. The molecule has 0 saturated heterocycles. The third-order valence-corrected chi connectivity index (χ3v) is 3.13. The van der Waals surface area contributed by atoms with E-state index >= 15 is 0 Å². The second-order valence-corrected chi connectivity index (χ2v) is 5.94. The molecule has 0 aromatic heterocycles. The van der Waals surface area contributed by atoms with E-state index in [0.717, 1.165) is 0 Å². The Morgan fingerprint density at radius 1 is 1.53 bits per heavy atom. The van der Waals surface area contributed by atoms with E-state index in [1.807, 2.05) is 0 Å². The Labute approximate surface area is 119 Å². The van der Waals surface area contributed by atoms with Gasteiger partial charge in [0, 0.05) is 26.3 Å². The molecular formula is C13H20N2O3S. The zero-order chi connectivity index (χ0) is 15.1. The van der Waals surface area contributed by atoms with Crippen LogP contribution in [0.15, 0.2) is 12.7 Å². The highest BCUT2D eigenvalue weighted by Gasteiger charge is 2.42. The quantitative estimate of drug-likeness (QED) is 0.362. The number of carboxylic acid groups (broad SMARTS) is 1. The lowest BCUT2D eigenvalue weighted by Gasteiger charge is -2.27. The van der Waals surface area contributed by atoms with Gasteiger partial charge in [-0.1, -0.05) is 6.08 Å². The predicted octanol–water partition coefficient (Wildman–Crippen LogP) is 1.91. The Hall–Kier alpha value is -1.48. The van der Waals surface area contributed by atoms with Crippen molar-refractivity contribution in [2.45, 2.75) is 43.4 Å². The molecule has 2 unspecified atom stereocenters. The zero-order valence-electron chi connectivity index (χ0n) is 11.3. The van der Waals surface area contributed by atoms with Crippen molar-refractivity contribution in [1.29, 1.82) is 0 Å². The molecule has 0 saturated carbocycles. The largest absolute Gasteiger partial charge is 0.481 e. The highest BCUT2D eigenvalue weighted by Crippen LogP contribution is 2.32. The van der Waals surface area contributed by atoms with Crippen LogP contribution in [0.3, 0.4) is 0 Å². The second kappa shape index (κ2) is 7.19. The first-order valence-electron chi connectivity index (χ1n) is 5.89. The summed E-state index contributed by atoms with van der Waals surface area (Å²) in [6, 6.07) is 0. The highest BCUT2D eigenvalue weighted by atomic mass is 32.1. The molecule has 19 heavy (non-hydrogen) atoms. The Morgan fingerprint density at radius 3 is 2.53 bits per heavy atom. The van der Waals surface area contributed by atoms with Crippen molar-refractivity contribution in [2.24, 2.45) is 0 Å². The van der Waals surface area contributed by atoms with E-state index < -0.39 is 16.3 Å². The van der Waals surface area contributed by atoms with Crippen molar-refractivity contribution in [1.82, 2.24) is 5.32 Å². The molecule has 0 rings (SSSR count). The normalized spacial score (nSPS) is 16.5. The molecule has 0 aliphatic carbocycles. The average molecular weight is 284 g/mol. The SMILES string of the molecule is [C-]#[N+]C(C)(CCC(=O)O)CC(C)(S)C(=O)NCC=C. The van der Waals surface area contributed by atoms with Gasteiger partial charge in [0.2, 0.25) is 11.4 Å². The molecule has 0 radical (unpaired) electrons. The number of rotatable bonds is 8. The van der Waals surface area contributed by atoms with Gasteiger partial charge in [-0.05, 0) is 6.92 Å². The van der Waals surface area contributed by atoms with Crippen LogP contribution in [0, 0.1) is 6.57 Å². The minimum Gasteiger partial charge on any atom is -0.481 e. The fourth-order valence-electron chi connectivity index (χ4n) is 1.74. The van der Waals surface area contributed by atoms with E-state index in [0.29, 0.717) is 6.54 Å². The lowest BCUT2D eigenvalue weighted by atomic mass is 9.85. The number of carbonyl (C=O) groups excluding carboxylic acids is 1. The van der Waals surface area contributed by atoms with E-state index in [9.17, 15) is 9.59 Å². The predicted molar refractivity (Wildman–Crippen MR) is 77.1 cm³/mol. The molecule has 0 fully saturated rings. The molecule has 0 bridgehead atoms. The number of aliphatic carboxylic acids is 1. The molecule has 6 heteroatoms. The smallest absolute Gasteiger partial charge is 0.303 e. The minimum atomic E-state index is -1.03. The summed E-state index contributed by atoms with van der Waals surface area (Å²) in [5.41, 5.74) is -0.916. The zero-order valence-corrected chi connectivity index (χ0v) is 12.2. The van der Waals surface area contributed by atoms with Crippen molar-refractivity contribution in [3.05, 3.63) is 24.1 Å². The first kappa shape index (κ1) is 17.5. The van der Waals surface area contributed by atoms with Crippen molar-refractivity contribution in [3.63, 3.8) is 0 Å². The lowest BCUT2D eigenvalue weighted by Crippen LogP contribution is -2.45. The summed E-state index contributed by atoms with van der Waals surface area (Å²) >= 11 is 4.31. The number of carboxylic acids is 1. The topological polar surface area (TPSA) is 70.8 Å². The molecule has 0 aromatic rings. The summed E-state index contributed by atoms with van der Waals surface area (Å²) in [6.07, 6.45) is 1.83. The minimum absolute atomic E-state index is 0.100. The third-order valence-electron chi connectivity index (χ3n) is 2.77. The molecular weight excluding hydrogens is 264 g/mol. The maximum Gasteiger partial charge on any atom is 0.303 e. The molecule has 0 aliphatic heterocycles. The van der Waals surface area contributed by atoms with Gasteiger partial charge in [0.25, 0.3) is 0 Å². The van der Waals surface area contributed by atoms with Gasteiger partial charge in [-0.15, -0.1) is 6.58 Å². The molecule has 1 amide bonds. The number of hydrogen-bond donors (Lipinski definition) is 3. The van der Waals surface area contributed by atoms with Gasteiger partial charge in [0.15, 0.2) is 0 Å². The first-order valence-corrected chi connectivity index (χ1v) is 6.33. The van der Waals surface area contributed by atoms with Crippen LogP contribution in [0.2, 0.25) is 0 Å². The van der Waals surface area contributed by atoms with Crippen molar-refractivity contribution in [3.8, 4) is 0 Å². The van der Waals surface area contributed by atoms with E-state index in [4.69, 9.17) is 11.7 Å². The summed E-state index contributed by atoms with van der Waals surface area (Å²) in [5, 5.41) is 11.3. The summed E-state index contributed by atoms with van der Waals surface area (Å²) in [6.45, 7) is 14.3. The molecule has 0 heterocycles. The van der Waals surface area contributed by atoms with Gasteiger partial charge < -0.3 is 15.3 Å². The molecule has 106 valence electrons. The van der Waals surface area contributed by atoms with Crippen LogP contribution < -0.4 is 5.32 Å². The van der Waals surface area contributed by atoms with Crippen LogP contribution in [-0.2, 0) is 9.59 Å². The van der Waals surface area contributed by atoms with Crippen molar-refractivity contribution >= 4 is 24.5 Å². The summed E-state index contributed by atoms with van der Waals surface area (Å²) in [4.78, 5) is 26.0. The Kier molecular flexibility index (Phi) is 6.63. The molecule has 0 aromatic carbocycles. The van der Waals surface area contributed by atoms with E-state index in [1.54, 1.807) is 19.9 Å². The summed E-state index contributed by atoms with van der Waals surface area (Å²) in [5.74, 6) is -1.24. The van der Waals surface area contributed by atoms with E-state index in [-0.39, 0.29) is 25.2 Å². The van der Waals surface area contributed by atoms with Crippen LogP contribution in [0.5, 0.6) is 0 Å². The number of nitrogens with zero attached hydrogens (tertiary/aromatic N) is 1. The van der Waals surface area contributed by atoms with Crippen LogP contribution in [0.1, 0.15) is 33.1 Å². The van der Waals surface area contributed by atoms with Crippen LogP contribution in [-0.4, -0.2) is 33.8 Å². The van der Waals surface area contributed by atoms with E-state index in [1.165, 1.54) is 0 Å². The fraction of sp³-hybridized carbons (Fsp3) is 0.615. The number of hydrogen-bond acceptors (Lipinski definition) is 3. The van der Waals surface area contributed by atoms with Crippen LogP contribution in [0.25, 0.3) is 4.85 Å². The average Bonchev–Trinajstić information content (AvgIpc) is 2.33. The monoisotopic (exact) mass is 284 g/mol. The Morgan fingerprint density at radius 2 is 2.11 bits per heavy atom. The number of carbonyl (C=O) groups is 2. The van der Waals surface area contributed by atoms with Crippen LogP contribution >= 0.6 is 12.6 Å². The number of nitrogens with one attached hydrogen (secondary N) is 1. The highest BCUT2D eigenvalue weighted by molar-refractivity contribution is 7.82. The van der Waals surface area contributed by atoms with Gasteiger partial charge in [0.1, 0.15) is 0 Å². The fourth-order valence-corrected chi connectivity index (χ4v) is 2.16. The van der Waals surface area contributed by atoms with E-state index in [2.05, 4.69) is 29.4 Å². The van der Waals surface area contributed by atoms with Gasteiger partial charge in [0.05, 0.1) is 11.2 Å². The number of amides is 1. The Bertz CT molecular complexity index is 401. The summed E-state index contributed by atoms with van der Waals surface area (Å²) < 4.78 is -1.03. The molecule has 2 N–H and O–H groups in total. The second-order valence-electron chi connectivity index (χ2n) is 4.95. The van der Waals surface area contributed by atoms with Crippen molar-refractivity contribution in [2.75, 3.05) is 6.54 Å². The maximum atomic E-state index is 11.9. The number of thiol groups is 1. The third kappa shape index (κ3) is 6.30. The maximum absolute atomic E-state index is 11.9. The Balaban J connectivity index is 4.75. The molecule has 0 spiro atoms. The standard InChI is InChI=1S/C13H20N2O3S/c1-5-8-15-11(18)13(3,19)9-12(2,14-4)7-6-10(16)17/h5,19H,1,6-9H2,2-3H3,(H,15,18)(H,16,17).